The fourth-order valence-electron chi connectivity index (χ4n) is 3.53. The maximum absolute atomic E-state index is 12.8. The van der Waals surface area contributed by atoms with Crippen molar-refractivity contribution < 1.29 is 14.7 Å². The van der Waals surface area contributed by atoms with Crippen LogP contribution in [0.4, 0.5) is 0 Å². The third-order valence-electron chi connectivity index (χ3n) is 4.50. The topological polar surface area (TPSA) is 57.6 Å². The van der Waals surface area contributed by atoms with E-state index in [1.54, 1.807) is 0 Å². The van der Waals surface area contributed by atoms with E-state index in [0.29, 0.717) is 12.5 Å². The molecule has 1 aromatic rings. The molecule has 1 amide bonds. The molecule has 0 heterocycles. The smallest absolute Gasteiger partial charge is 0.323 e. The predicted molar refractivity (Wildman–Crippen MR) is 86.0 cm³/mol. The zero-order valence-corrected chi connectivity index (χ0v) is 13.7. The molecule has 4 nitrogen and oxygen atoms in total. The van der Waals surface area contributed by atoms with Crippen LogP contribution < -0.4 is 0 Å². The molecule has 0 radical (unpaired) electrons. The summed E-state index contributed by atoms with van der Waals surface area (Å²) < 4.78 is 0.926. The number of amides is 1. The van der Waals surface area contributed by atoms with Crippen molar-refractivity contribution in [3.63, 3.8) is 0 Å². The van der Waals surface area contributed by atoms with Gasteiger partial charge in [0.15, 0.2) is 0 Å². The number of carbonyl (C=O) groups is 2. The first-order chi connectivity index (χ1) is 10.5. The summed E-state index contributed by atoms with van der Waals surface area (Å²) in [5.74, 6) is -0.268. The molecule has 1 fully saturated rings. The van der Waals surface area contributed by atoms with E-state index >= 15 is 0 Å². The van der Waals surface area contributed by atoms with Crippen LogP contribution in [0.15, 0.2) is 40.9 Å². The van der Waals surface area contributed by atoms with Crippen molar-refractivity contribution in [3.05, 3.63) is 46.5 Å². The first-order valence-electron chi connectivity index (χ1n) is 7.46. The summed E-state index contributed by atoms with van der Waals surface area (Å²) in [5.41, 5.74) is 0.933. The van der Waals surface area contributed by atoms with E-state index in [4.69, 9.17) is 5.11 Å². The molecule has 0 aliphatic heterocycles. The highest BCUT2D eigenvalue weighted by molar-refractivity contribution is 9.10. The maximum Gasteiger partial charge on any atom is 0.323 e. The van der Waals surface area contributed by atoms with Crippen molar-refractivity contribution in [1.82, 2.24) is 4.90 Å². The SMILES string of the molecule is O=C(O)CN(Cc1cccc(Br)c1)C(=O)C1CC2C=CC1C2. The van der Waals surface area contributed by atoms with Gasteiger partial charge in [0.2, 0.25) is 5.91 Å². The molecular weight excluding hydrogens is 346 g/mol. The number of aliphatic carboxylic acids is 1. The van der Waals surface area contributed by atoms with Gasteiger partial charge >= 0.3 is 5.97 Å². The van der Waals surface area contributed by atoms with Crippen LogP contribution in [0.2, 0.25) is 0 Å². The summed E-state index contributed by atoms with van der Waals surface area (Å²) >= 11 is 3.40. The fraction of sp³-hybridized carbons (Fsp3) is 0.412. The molecule has 3 rings (SSSR count). The van der Waals surface area contributed by atoms with Gasteiger partial charge in [-0.15, -0.1) is 0 Å². The lowest BCUT2D eigenvalue weighted by molar-refractivity contribution is -0.147. The lowest BCUT2D eigenvalue weighted by Gasteiger charge is -2.27. The number of carboxylic acids is 1. The minimum Gasteiger partial charge on any atom is -0.480 e. The Kier molecular flexibility index (Phi) is 4.34. The zero-order chi connectivity index (χ0) is 15.7. The van der Waals surface area contributed by atoms with Gasteiger partial charge in [0, 0.05) is 16.9 Å². The quantitative estimate of drug-likeness (QED) is 0.817. The Hall–Kier alpha value is -1.62. The number of rotatable bonds is 5. The number of fused-ring (bicyclic) bond motifs is 2. The van der Waals surface area contributed by atoms with Gasteiger partial charge in [-0.3, -0.25) is 9.59 Å². The van der Waals surface area contributed by atoms with Crippen molar-refractivity contribution >= 4 is 27.8 Å². The second kappa shape index (κ2) is 6.24. The summed E-state index contributed by atoms with van der Waals surface area (Å²) in [6.45, 7) is 0.0884. The summed E-state index contributed by atoms with van der Waals surface area (Å²) in [6.07, 6.45) is 6.20. The maximum atomic E-state index is 12.8. The first-order valence-corrected chi connectivity index (χ1v) is 8.25. The number of halogens is 1. The summed E-state index contributed by atoms with van der Waals surface area (Å²) in [7, 11) is 0. The zero-order valence-electron chi connectivity index (χ0n) is 12.1. The van der Waals surface area contributed by atoms with Gasteiger partial charge in [0.1, 0.15) is 6.54 Å². The second-order valence-corrected chi connectivity index (χ2v) is 7.02. The molecule has 5 heteroatoms. The highest BCUT2D eigenvalue weighted by atomic mass is 79.9. The highest BCUT2D eigenvalue weighted by Crippen LogP contribution is 2.44. The lowest BCUT2D eigenvalue weighted by atomic mass is 9.92. The average molecular weight is 364 g/mol. The third-order valence-corrected chi connectivity index (χ3v) is 4.99. The molecule has 116 valence electrons. The van der Waals surface area contributed by atoms with Gasteiger partial charge in [-0.2, -0.15) is 0 Å². The van der Waals surface area contributed by atoms with Gasteiger partial charge in [0.05, 0.1) is 0 Å². The van der Waals surface area contributed by atoms with Crippen LogP contribution in [0.3, 0.4) is 0 Å². The normalized spacial score (nSPS) is 25.4. The first kappa shape index (κ1) is 15.3. The van der Waals surface area contributed by atoms with Gasteiger partial charge < -0.3 is 10.0 Å². The van der Waals surface area contributed by atoms with E-state index in [0.717, 1.165) is 22.9 Å². The monoisotopic (exact) mass is 363 g/mol. The molecule has 0 saturated heterocycles. The molecule has 0 spiro atoms. The third kappa shape index (κ3) is 3.24. The minimum absolute atomic E-state index is 0.0285. The van der Waals surface area contributed by atoms with Crippen LogP contribution in [0, 0.1) is 17.8 Å². The van der Waals surface area contributed by atoms with E-state index in [9.17, 15) is 9.59 Å². The summed E-state index contributed by atoms with van der Waals surface area (Å²) in [4.78, 5) is 25.4. The summed E-state index contributed by atoms with van der Waals surface area (Å²) in [6, 6.07) is 7.63. The molecule has 2 aliphatic carbocycles. The van der Waals surface area contributed by atoms with Crippen molar-refractivity contribution in [2.24, 2.45) is 17.8 Å². The number of carbonyl (C=O) groups excluding carboxylic acids is 1. The lowest BCUT2D eigenvalue weighted by Crippen LogP contribution is -2.40. The molecule has 3 unspecified atom stereocenters. The minimum atomic E-state index is -0.970. The van der Waals surface area contributed by atoms with E-state index in [2.05, 4.69) is 28.1 Å². The predicted octanol–water partition coefficient (Wildman–Crippen LogP) is 3.07. The molecule has 1 saturated carbocycles. The fourth-order valence-corrected chi connectivity index (χ4v) is 3.98. The van der Waals surface area contributed by atoms with Gasteiger partial charge in [0.25, 0.3) is 0 Å². The largest absolute Gasteiger partial charge is 0.480 e. The average Bonchev–Trinajstić information content (AvgIpc) is 3.08. The number of carboxylic acid groups (broad SMARTS) is 1. The molecule has 22 heavy (non-hydrogen) atoms. The van der Waals surface area contributed by atoms with Crippen LogP contribution in [0.5, 0.6) is 0 Å². The van der Waals surface area contributed by atoms with E-state index in [-0.39, 0.29) is 24.3 Å². The van der Waals surface area contributed by atoms with Crippen LogP contribution in [0.25, 0.3) is 0 Å². The Morgan fingerprint density at radius 1 is 1.27 bits per heavy atom. The summed E-state index contributed by atoms with van der Waals surface area (Å²) in [5, 5.41) is 9.12. The molecule has 2 aliphatic rings. The van der Waals surface area contributed by atoms with Crippen LogP contribution in [0.1, 0.15) is 18.4 Å². The molecule has 3 atom stereocenters. The Balaban J connectivity index is 1.76. The van der Waals surface area contributed by atoms with Crippen LogP contribution in [-0.2, 0) is 16.1 Å². The van der Waals surface area contributed by atoms with Gasteiger partial charge in [-0.1, -0.05) is 40.2 Å². The van der Waals surface area contributed by atoms with Crippen LogP contribution in [-0.4, -0.2) is 28.4 Å². The molecule has 1 N–H and O–H groups in total. The Bertz CT molecular complexity index is 628. The number of allylic oxidation sites excluding steroid dienone is 2. The van der Waals surface area contributed by atoms with Crippen molar-refractivity contribution in [3.8, 4) is 0 Å². The van der Waals surface area contributed by atoms with Crippen molar-refractivity contribution in [1.29, 1.82) is 0 Å². The number of hydrogen-bond donors (Lipinski definition) is 1. The van der Waals surface area contributed by atoms with Gasteiger partial charge in [-0.05, 0) is 42.4 Å². The van der Waals surface area contributed by atoms with Crippen LogP contribution >= 0.6 is 15.9 Å². The number of nitrogens with zero attached hydrogens (tertiary/aromatic N) is 1. The molecule has 2 bridgehead atoms. The van der Waals surface area contributed by atoms with Gasteiger partial charge in [-0.25, -0.2) is 0 Å². The van der Waals surface area contributed by atoms with Crippen molar-refractivity contribution in [2.45, 2.75) is 19.4 Å². The second-order valence-electron chi connectivity index (χ2n) is 6.10. The molecule has 0 aromatic heterocycles. The standard InChI is InChI=1S/C17H18BrNO3/c18-14-3-1-2-12(7-14)9-19(10-16(20)21)17(22)15-8-11-4-5-13(15)6-11/h1-5,7,11,13,15H,6,8-10H2,(H,20,21). The van der Waals surface area contributed by atoms with E-state index in [1.165, 1.54) is 4.90 Å². The Morgan fingerprint density at radius 3 is 2.68 bits per heavy atom. The number of hydrogen-bond acceptors (Lipinski definition) is 2. The molecular formula is C17H18BrNO3. The highest BCUT2D eigenvalue weighted by Gasteiger charge is 2.41. The molecule has 1 aromatic carbocycles. The van der Waals surface area contributed by atoms with E-state index < -0.39 is 5.97 Å². The van der Waals surface area contributed by atoms with E-state index in [1.807, 2.05) is 24.3 Å². The Morgan fingerprint density at radius 2 is 2.09 bits per heavy atom. The van der Waals surface area contributed by atoms with Crippen molar-refractivity contribution in [2.75, 3.05) is 6.54 Å². The number of benzene rings is 1. The Labute approximate surface area is 137 Å².